The molecule has 0 aliphatic heterocycles. The van der Waals surface area contributed by atoms with Crippen LogP contribution in [-0.4, -0.2) is 34.9 Å². The minimum Gasteiger partial charge on any atom is -0.255 e. The van der Waals surface area contributed by atoms with Gasteiger partial charge in [-0.05, 0) is 72.3 Å². The summed E-state index contributed by atoms with van der Waals surface area (Å²) in [6.07, 6.45) is 3.55. The highest BCUT2D eigenvalue weighted by Gasteiger charge is 2.18. The summed E-state index contributed by atoms with van der Waals surface area (Å²) < 4.78 is 0. The van der Waals surface area contributed by atoms with Gasteiger partial charge in [0.15, 0.2) is 0 Å². The van der Waals surface area contributed by atoms with Crippen molar-refractivity contribution in [3.63, 3.8) is 0 Å². The van der Waals surface area contributed by atoms with E-state index in [1.165, 1.54) is 0 Å². The van der Waals surface area contributed by atoms with E-state index < -0.39 is 0 Å². The Balaban J connectivity index is 1.33. The molecule has 0 saturated heterocycles. The number of fused-ring (bicyclic) bond motifs is 1. The number of rotatable bonds is 6. The summed E-state index contributed by atoms with van der Waals surface area (Å²) in [6.45, 7) is 0. The van der Waals surface area contributed by atoms with Gasteiger partial charge in [0.25, 0.3) is 0 Å². The van der Waals surface area contributed by atoms with E-state index in [0.29, 0.717) is 0 Å². The molecule has 45 heavy (non-hydrogen) atoms. The van der Waals surface area contributed by atoms with E-state index >= 15 is 0 Å². The first-order valence-electron chi connectivity index (χ1n) is 14.6. The summed E-state index contributed by atoms with van der Waals surface area (Å²) in [5.74, 6) is 0. The van der Waals surface area contributed by atoms with Gasteiger partial charge in [0.05, 0.1) is 39.9 Å². The lowest BCUT2D eigenvalue weighted by atomic mass is 10.0. The van der Waals surface area contributed by atoms with Crippen molar-refractivity contribution in [2.75, 3.05) is 0 Å². The second-order valence-corrected chi connectivity index (χ2v) is 10.5. The molecule has 212 valence electrons. The van der Waals surface area contributed by atoms with Gasteiger partial charge in [0, 0.05) is 29.1 Å². The predicted molar refractivity (Wildman–Crippen MR) is 177 cm³/mol. The van der Waals surface area contributed by atoms with E-state index in [4.69, 9.17) is 20.2 Å². The van der Waals surface area contributed by atoms with Crippen LogP contribution >= 0.6 is 0 Å². The number of hydrogen-bond acceptors (Lipinski definition) is 6. The van der Waals surface area contributed by atoms with Gasteiger partial charge in [-0.3, -0.25) is 9.97 Å². The lowest BCUT2D eigenvalue weighted by molar-refractivity contribution is 0.767. The number of benzene rings is 3. The summed E-state index contributed by atoms with van der Waals surface area (Å²) >= 11 is 0. The average Bonchev–Trinajstić information content (AvgIpc) is 3.57. The fraction of sp³-hybridized carbons (Fsp3) is 0. The van der Waals surface area contributed by atoms with Crippen LogP contribution in [0.4, 0.5) is 0 Å². The van der Waals surface area contributed by atoms with Gasteiger partial charge < -0.3 is 0 Å². The van der Waals surface area contributed by atoms with E-state index in [-0.39, 0.29) is 0 Å². The topological polar surface area (TPSA) is 82.3 Å². The first-order valence-corrected chi connectivity index (χ1v) is 14.6. The van der Waals surface area contributed by atoms with Gasteiger partial charge >= 0.3 is 0 Å². The quantitative estimate of drug-likeness (QED) is 0.197. The largest absolute Gasteiger partial charge is 0.255 e. The van der Waals surface area contributed by atoms with Crippen molar-refractivity contribution >= 4 is 11.0 Å². The van der Waals surface area contributed by atoms with Gasteiger partial charge in [-0.2, -0.15) is 0 Å². The summed E-state index contributed by atoms with van der Waals surface area (Å²) in [5, 5.41) is 10.1. The SMILES string of the molecule is c1ccc(-c2ccccc2-n2nc3cc(-c4cccc(-c5ccccn5)n4)cc(-c4cccc(-c5ccccn5)n4)c3n2)cc1. The fourth-order valence-electron chi connectivity index (χ4n) is 5.47. The molecular weight excluding hydrogens is 554 g/mol. The minimum atomic E-state index is 0.737. The van der Waals surface area contributed by atoms with E-state index in [0.717, 1.165) is 73.1 Å². The molecule has 0 amide bonds. The van der Waals surface area contributed by atoms with Crippen molar-refractivity contribution in [3.05, 3.63) is 152 Å². The van der Waals surface area contributed by atoms with Gasteiger partial charge in [-0.1, -0.05) is 72.8 Å². The highest BCUT2D eigenvalue weighted by molar-refractivity contribution is 5.95. The molecule has 0 aliphatic carbocycles. The standard InChI is InChI=1S/C38H25N7/c1-2-12-26(13-3-1)28-14-4-5-21-37(28)45-43-36-25-27(30-17-10-19-34(41-30)32-15-6-8-22-39-32)24-29(38(36)44-45)31-18-11-20-35(42-31)33-16-7-9-23-40-33/h1-25H. The Kier molecular flexibility index (Phi) is 6.66. The minimum absolute atomic E-state index is 0.737. The molecule has 8 aromatic rings. The molecule has 0 spiro atoms. The second-order valence-electron chi connectivity index (χ2n) is 10.5. The molecule has 7 heteroatoms. The van der Waals surface area contributed by atoms with Gasteiger partial charge in [-0.15, -0.1) is 15.0 Å². The maximum atomic E-state index is 5.07. The molecule has 5 heterocycles. The molecule has 0 aliphatic rings. The van der Waals surface area contributed by atoms with Crippen LogP contribution in [0.1, 0.15) is 0 Å². The number of aromatic nitrogens is 7. The molecule has 0 bridgehead atoms. The van der Waals surface area contributed by atoms with E-state index in [1.807, 2.05) is 115 Å². The molecule has 0 atom stereocenters. The third-order valence-corrected chi connectivity index (χ3v) is 7.62. The molecule has 0 N–H and O–H groups in total. The summed E-state index contributed by atoms with van der Waals surface area (Å²) in [5.41, 5.74) is 11.0. The van der Waals surface area contributed by atoms with Crippen LogP contribution < -0.4 is 0 Å². The smallest absolute Gasteiger partial charge is 0.123 e. The maximum Gasteiger partial charge on any atom is 0.123 e. The zero-order valence-corrected chi connectivity index (χ0v) is 24.1. The third-order valence-electron chi connectivity index (χ3n) is 7.62. The normalized spacial score (nSPS) is 11.1. The molecule has 0 unspecified atom stereocenters. The van der Waals surface area contributed by atoms with Crippen LogP contribution in [0.25, 0.3) is 73.1 Å². The first-order chi connectivity index (χ1) is 22.3. The monoisotopic (exact) mass is 579 g/mol. The summed E-state index contributed by atoms with van der Waals surface area (Å²) in [4.78, 5) is 20.8. The van der Waals surface area contributed by atoms with E-state index in [2.05, 4.69) is 34.2 Å². The molecule has 5 aromatic heterocycles. The van der Waals surface area contributed by atoms with Crippen molar-refractivity contribution in [1.29, 1.82) is 0 Å². The van der Waals surface area contributed by atoms with Gasteiger partial charge in [-0.25, -0.2) is 9.97 Å². The Morgan fingerprint density at radius 3 is 1.71 bits per heavy atom. The second kappa shape index (κ2) is 11.4. The van der Waals surface area contributed by atoms with E-state index in [9.17, 15) is 0 Å². The van der Waals surface area contributed by atoms with Crippen LogP contribution in [0.5, 0.6) is 0 Å². The molecule has 8 rings (SSSR count). The van der Waals surface area contributed by atoms with Crippen LogP contribution in [0.15, 0.2) is 152 Å². The van der Waals surface area contributed by atoms with Crippen LogP contribution in [0.3, 0.4) is 0 Å². The van der Waals surface area contributed by atoms with Gasteiger partial charge in [0.2, 0.25) is 0 Å². The molecular formula is C38H25N7. The molecule has 0 radical (unpaired) electrons. The zero-order chi connectivity index (χ0) is 30.0. The Labute approximate surface area is 259 Å². The van der Waals surface area contributed by atoms with Crippen LogP contribution in [0, 0.1) is 0 Å². The van der Waals surface area contributed by atoms with E-state index in [1.54, 1.807) is 17.2 Å². The van der Waals surface area contributed by atoms with Crippen molar-refractivity contribution in [3.8, 4) is 62.1 Å². The molecule has 7 nitrogen and oxygen atoms in total. The Hall–Kier alpha value is -6.34. The molecule has 0 saturated carbocycles. The highest BCUT2D eigenvalue weighted by Crippen LogP contribution is 2.34. The summed E-state index contributed by atoms with van der Waals surface area (Å²) in [6, 6.07) is 46.2. The number of pyridine rings is 4. The first kappa shape index (κ1) is 26.3. The highest BCUT2D eigenvalue weighted by atomic mass is 15.5. The Morgan fingerprint density at radius 2 is 1.00 bits per heavy atom. The lowest BCUT2D eigenvalue weighted by Gasteiger charge is -2.09. The van der Waals surface area contributed by atoms with Crippen LogP contribution in [-0.2, 0) is 0 Å². The van der Waals surface area contributed by atoms with Crippen molar-refractivity contribution in [2.24, 2.45) is 0 Å². The Bertz CT molecular complexity index is 2260. The van der Waals surface area contributed by atoms with Crippen LogP contribution in [0.2, 0.25) is 0 Å². The zero-order valence-electron chi connectivity index (χ0n) is 24.1. The fourth-order valence-corrected chi connectivity index (χ4v) is 5.47. The van der Waals surface area contributed by atoms with Crippen molar-refractivity contribution < 1.29 is 0 Å². The lowest BCUT2D eigenvalue weighted by Crippen LogP contribution is -2.00. The van der Waals surface area contributed by atoms with Gasteiger partial charge in [0.1, 0.15) is 11.0 Å². The Morgan fingerprint density at radius 1 is 0.400 bits per heavy atom. The van der Waals surface area contributed by atoms with Crippen molar-refractivity contribution in [1.82, 2.24) is 34.9 Å². The number of para-hydroxylation sites is 1. The number of nitrogens with zero attached hydrogens (tertiary/aromatic N) is 7. The average molecular weight is 580 g/mol. The molecule has 0 fully saturated rings. The summed E-state index contributed by atoms with van der Waals surface area (Å²) in [7, 11) is 0. The van der Waals surface area contributed by atoms with Crippen molar-refractivity contribution in [2.45, 2.75) is 0 Å². The number of hydrogen-bond donors (Lipinski definition) is 0. The maximum absolute atomic E-state index is 5.07. The third kappa shape index (κ3) is 5.13. The predicted octanol–water partition coefficient (Wildman–Crippen LogP) is 8.34. The molecule has 3 aromatic carbocycles.